The number of hydrogen-bond donors (Lipinski definition) is 0. The molecule has 0 bridgehead atoms. The van der Waals surface area contributed by atoms with Crippen molar-refractivity contribution >= 4 is 16.9 Å². The first-order chi connectivity index (χ1) is 14.7. The van der Waals surface area contributed by atoms with Crippen LogP contribution in [0.4, 0.5) is 0 Å². The molecule has 0 amide bonds. The van der Waals surface area contributed by atoms with Crippen LogP contribution in [0.25, 0.3) is 22.1 Å². The molecule has 0 N–H and O–H groups in total. The first-order valence-corrected chi connectivity index (χ1v) is 9.73. The molecule has 4 rings (SSSR count). The number of para-hydroxylation sites is 1. The number of rotatable bonds is 6. The van der Waals surface area contributed by atoms with Gasteiger partial charge in [0.15, 0.2) is 5.75 Å². The first kappa shape index (κ1) is 19.5. The quantitative estimate of drug-likeness (QED) is 0.317. The van der Waals surface area contributed by atoms with Crippen molar-refractivity contribution in [3.8, 4) is 22.6 Å². The van der Waals surface area contributed by atoms with E-state index in [0.29, 0.717) is 34.5 Å². The monoisotopic (exact) mass is 400 g/mol. The molecular formula is C25H20O5. The summed E-state index contributed by atoms with van der Waals surface area (Å²) in [6.45, 7) is 2.57. The normalized spacial score (nSPS) is 10.7. The standard InChI is InChI=1S/C25H20O5/c1-2-15-28-19-12-8-11-18(16-19)24(26)30-23-20-13-6-7-14-21(20)29-25(27)22(23)17-9-4-3-5-10-17/h3-14,16H,2,15H2,1H3. The number of benzene rings is 3. The van der Waals surface area contributed by atoms with Crippen molar-refractivity contribution < 1.29 is 18.7 Å². The summed E-state index contributed by atoms with van der Waals surface area (Å²) < 4.78 is 16.9. The van der Waals surface area contributed by atoms with Gasteiger partial charge in [0.2, 0.25) is 0 Å². The second-order valence-corrected chi connectivity index (χ2v) is 6.72. The molecule has 0 radical (unpaired) electrons. The summed E-state index contributed by atoms with van der Waals surface area (Å²) in [5.41, 5.74) is 0.938. The third-order valence-electron chi connectivity index (χ3n) is 4.57. The van der Waals surface area contributed by atoms with Crippen LogP contribution in [0.2, 0.25) is 0 Å². The van der Waals surface area contributed by atoms with E-state index in [1.165, 1.54) is 0 Å². The molecule has 4 aromatic rings. The van der Waals surface area contributed by atoms with Gasteiger partial charge in [-0.3, -0.25) is 0 Å². The Bertz CT molecular complexity index is 1240. The van der Waals surface area contributed by atoms with Crippen LogP contribution in [0.15, 0.2) is 88.1 Å². The molecule has 150 valence electrons. The predicted octanol–water partition coefficient (Wildman–Crippen LogP) is 5.47. The molecule has 30 heavy (non-hydrogen) atoms. The van der Waals surface area contributed by atoms with E-state index in [0.717, 1.165) is 6.42 Å². The van der Waals surface area contributed by atoms with Crippen LogP contribution in [0, 0.1) is 0 Å². The van der Waals surface area contributed by atoms with Crippen LogP contribution in [0.3, 0.4) is 0 Å². The Morgan fingerprint density at radius 1 is 0.933 bits per heavy atom. The smallest absolute Gasteiger partial charge is 0.348 e. The van der Waals surface area contributed by atoms with E-state index >= 15 is 0 Å². The third kappa shape index (κ3) is 3.96. The number of hydrogen-bond acceptors (Lipinski definition) is 5. The van der Waals surface area contributed by atoms with Gasteiger partial charge < -0.3 is 13.9 Å². The lowest BCUT2D eigenvalue weighted by atomic mass is 10.0. The second-order valence-electron chi connectivity index (χ2n) is 6.72. The highest BCUT2D eigenvalue weighted by Gasteiger charge is 2.21. The zero-order valence-corrected chi connectivity index (χ0v) is 16.5. The predicted molar refractivity (Wildman–Crippen MR) is 115 cm³/mol. The van der Waals surface area contributed by atoms with Gasteiger partial charge in [0.1, 0.15) is 16.9 Å². The largest absolute Gasteiger partial charge is 0.494 e. The van der Waals surface area contributed by atoms with Gasteiger partial charge in [0.05, 0.1) is 17.6 Å². The summed E-state index contributed by atoms with van der Waals surface area (Å²) in [6, 6.07) is 22.8. The topological polar surface area (TPSA) is 65.7 Å². The van der Waals surface area contributed by atoms with E-state index in [4.69, 9.17) is 13.9 Å². The summed E-state index contributed by atoms with van der Waals surface area (Å²) in [5, 5.41) is 0.544. The summed E-state index contributed by atoms with van der Waals surface area (Å²) in [5.74, 6) is 0.190. The Kier molecular flexibility index (Phi) is 5.61. The third-order valence-corrected chi connectivity index (χ3v) is 4.57. The van der Waals surface area contributed by atoms with Gasteiger partial charge >= 0.3 is 11.6 Å². The molecule has 0 atom stereocenters. The van der Waals surface area contributed by atoms with Crippen molar-refractivity contribution in [3.63, 3.8) is 0 Å². The molecule has 1 heterocycles. The zero-order valence-electron chi connectivity index (χ0n) is 16.5. The van der Waals surface area contributed by atoms with Crippen LogP contribution in [0.5, 0.6) is 11.5 Å². The van der Waals surface area contributed by atoms with E-state index < -0.39 is 11.6 Å². The fourth-order valence-electron chi connectivity index (χ4n) is 3.17. The van der Waals surface area contributed by atoms with E-state index in [1.807, 2.05) is 25.1 Å². The number of carbonyl (C=O) groups is 1. The molecule has 0 aliphatic carbocycles. The molecule has 1 aromatic heterocycles. The fourth-order valence-corrected chi connectivity index (χ4v) is 3.17. The maximum Gasteiger partial charge on any atom is 0.348 e. The molecule has 3 aromatic carbocycles. The maximum absolute atomic E-state index is 13.0. The Morgan fingerprint density at radius 2 is 1.70 bits per heavy atom. The van der Waals surface area contributed by atoms with Gasteiger partial charge in [-0.1, -0.05) is 55.5 Å². The zero-order chi connectivity index (χ0) is 20.9. The highest BCUT2D eigenvalue weighted by atomic mass is 16.5. The minimum Gasteiger partial charge on any atom is -0.494 e. The van der Waals surface area contributed by atoms with Crippen molar-refractivity contribution in [2.24, 2.45) is 0 Å². The van der Waals surface area contributed by atoms with Gasteiger partial charge in [-0.25, -0.2) is 9.59 Å². The average molecular weight is 400 g/mol. The molecule has 0 aliphatic rings. The molecule has 0 saturated carbocycles. The van der Waals surface area contributed by atoms with Gasteiger partial charge in [-0.05, 0) is 42.3 Å². The first-order valence-electron chi connectivity index (χ1n) is 9.73. The number of fused-ring (bicyclic) bond motifs is 1. The molecule has 5 heteroatoms. The molecule has 0 spiro atoms. The summed E-state index contributed by atoms with van der Waals surface area (Å²) in [4.78, 5) is 25.7. The van der Waals surface area contributed by atoms with Crippen molar-refractivity contribution in [1.29, 1.82) is 0 Å². The van der Waals surface area contributed by atoms with Crippen LogP contribution in [-0.2, 0) is 0 Å². The molecule has 0 aliphatic heterocycles. The Labute approximate surface area is 173 Å². The molecule has 5 nitrogen and oxygen atoms in total. The lowest BCUT2D eigenvalue weighted by Crippen LogP contribution is -2.13. The summed E-state index contributed by atoms with van der Waals surface area (Å²) in [6.07, 6.45) is 0.862. The Balaban J connectivity index is 1.80. The number of ether oxygens (including phenoxy) is 2. The van der Waals surface area contributed by atoms with E-state index in [-0.39, 0.29) is 11.3 Å². The second kappa shape index (κ2) is 8.66. The van der Waals surface area contributed by atoms with E-state index in [2.05, 4.69) is 0 Å². The van der Waals surface area contributed by atoms with Crippen LogP contribution < -0.4 is 15.1 Å². The number of esters is 1. The molecule has 0 unspecified atom stereocenters. The summed E-state index contributed by atoms with van der Waals surface area (Å²) in [7, 11) is 0. The molecular weight excluding hydrogens is 380 g/mol. The Hall–Kier alpha value is -3.86. The molecule has 0 fully saturated rings. The van der Waals surface area contributed by atoms with Gasteiger partial charge in [0.25, 0.3) is 0 Å². The minimum atomic E-state index is -0.579. The maximum atomic E-state index is 13.0. The van der Waals surface area contributed by atoms with Crippen molar-refractivity contribution in [2.45, 2.75) is 13.3 Å². The number of carbonyl (C=O) groups excluding carboxylic acids is 1. The van der Waals surface area contributed by atoms with Gasteiger partial charge in [-0.2, -0.15) is 0 Å². The van der Waals surface area contributed by atoms with Crippen LogP contribution >= 0.6 is 0 Å². The highest BCUT2D eigenvalue weighted by molar-refractivity contribution is 5.97. The highest BCUT2D eigenvalue weighted by Crippen LogP contribution is 2.34. The van der Waals surface area contributed by atoms with E-state index in [9.17, 15) is 9.59 Å². The fraction of sp³-hybridized carbons (Fsp3) is 0.120. The average Bonchev–Trinajstić information content (AvgIpc) is 2.78. The minimum absolute atomic E-state index is 0.179. The van der Waals surface area contributed by atoms with Crippen molar-refractivity contribution in [3.05, 3.63) is 94.8 Å². The SMILES string of the molecule is CCCOc1cccc(C(=O)Oc2c(-c3ccccc3)c(=O)oc3ccccc23)c1. The van der Waals surface area contributed by atoms with Crippen LogP contribution in [-0.4, -0.2) is 12.6 Å². The molecule has 0 saturated heterocycles. The van der Waals surface area contributed by atoms with Crippen LogP contribution in [0.1, 0.15) is 23.7 Å². The van der Waals surface area contributed by atoms with Crippen molar-refractivity contribution in [2.75, 3.05) is 6.61 Å². The van der Waals surface area contributed by atoms with Gasteiger partial charge in [0, 0.05) is 0 Å². The lowest BCUT2D eigenvalue weighted by Gasteiger charge is -2.12. The van der Waals surface area contributed by atoms with Crippen molar-refractivity contribution in [1.82, 2.24) is 0 Å². The van der Waals surface area contributed by atoms with Gasteiger partial charge in [-0.15, -0.1) is 0 Å². The lowest BCUT2D eigenvalue weighted by molar-refractivity contribution is 0.0737. The summed E-state index contributed by atoms with van der Waals surface area (Å²) >= 11 is 0. The Morgan fingerprint density at radius 3 is 2.50 bits per heavy atom. The van der Waals surface area contributed by atoms with E-state index in [1.54, 1.807) is 60.7 Å².